The van der Waals surface area contributed by atoms with E-state index in [0.29, 0.717) is 0 Å². The van der Waals surface area contributed by atoms with Gasteiger partial charge in [0.05, 0.1) is 0 Å². The van der Waals surface area contributed by atoms with E-state index in [2.05, 4.69) is 4.90 Å². The summed E-state index contributed by atoms with van der Waals surface area (Å²) in [5.41, 5.74) is 5.73. The van der Waals surface area contributed by atoms with E-state index in [1.165, 1.54) is 25.7 Å². The van der Waals surface area contributed by atoms with Crippen molar-refractivity contribution in [3.05, 3.63) is 0 Å². The van der Waals surface area contributed by atoms with E-state index in [1.54, 1.807) is 0 Å². The molecule has 0 aromatic heterocycles. The molecular formula is C9H16N2. The van der Waals surface area contributed by atoms with E-state index in [0.717, 1.165) is 30.6 Å². The van der Waals surface area contributed by atoms with Gasteiger partial charge in [0.2, 0.25) is 0 Å². The molecule has 4 bridgehead atoms. The number of nitrogens with zero attached hydrogens (tertiary/aromatic N) is 1. The highest BCUT2D eigenvalue weighted by molar-refractivity contribution is 5.05. The molecule has 0 radical (unpaired) electrons. The Balaban J connectivity index is 1.91. The molecule has 2 heteroatoms. The summed E-state index contributed by atoms with van der Waals surface area (Å²) in [6.45, 7) is 0.804. The lowest BCUT2D eigenvalue weighted by atomic mass is 9.87. The predicted molar refractivity (Wildman–Crippen MR) is 43.9 cm³/mol. The molecule has 62 valence electrons. The Hall–Kier alpha value is -0.0800. The fourth-order valence-corrected chi connectivity index (χ4v) is 3.72. The van der Waals surface area contributed by atoms with E-state index in [4.69, 9.17) is 5.73 Å². The van der Waals surface area contributed by atoms with E-state index >= 15 is 0 Å². The number of hydrogen-bond donors (Lipinski definition) is 1. The summed E-state index contributed by atoms with van der Waals surface area (Å²) in [7, 11) is 0. The zero-order valence-corrected chi connectivity index (χ0v) is 6.87. The van der Waals surface area contributed by atoms with Crippen molar-refractivity contribution in [2.45, 2.75) is 37.8 Å². The second-order valence-corrected chi connectivity index (χ2v) is 4.49. The molecular weight excluding hydrogens is 136 g/mol. The van der Waals surface area contributed by atoms with Gasteiger partial charge >= 0.3 is 0 Å². The molecule has 11 heavy (non-hydrogen) atoms. The second kappa shape index (κ2) is 1.99. The van der Waals surface area contributed by atoms with Crippen molar-refractivity contribution in [2.75, 3.05) is 6.67 Å². The Morgan fingerprint density at radius 3 is 2.82 bits per heavy atom. The first-order chi connectivity index (χ1) is 5.38. The van der Waals surface area contributed by atoms with Crippen molar-refractivity contribution in [2.24, 2.45) is 17.6 Å². The summed E-state index contributed by atoms with van der Waals surface area (Å²) in [6, 6.07) is 1.77. The van der Waals surface area contributed by atoms with Crippen LogP contribution >= 0.6 is 0 Å². The molecule has 2 aliphatic heterocycles. The lowest BCUT2D eigenvalue weighted by molar-refractivity contribution is 0.129. The van der Waals surface area contributed by atoms with Gasteiger partial charge in [0.25, 0.3) is 0 Å². The molecule has 2 saturated heterocycles. The first kappa shape index (κ1) is 6.44. The first-order valence-electron chi connectivity index (χ1n) is 4.84. The minimum absolute atomic E-state index is 0.804. The van der Waals surface area contributed by atoms with E-state index < -0.39 is 0 Å². The first-order valence-corrected chi connectivity index (χ1v) is 4.84. The van der Waals surface area contributed by atoms with Crippen molar-refractivity contribution < 1.29 is 0 Å². The molecule has 0 spiro atoms. The van der Waals surface area contributed by atoms with Gasteiger partial charge in [0.15, 0.2) is 0 Å². The lowest BCUT2D eigenvalue weighted by Crippen LogP contribution is -2.43. The summed E-state index contributed by atoms with van der Waals surface area (Å²) in [4.78, 5) is 2.55. The number of nitrogens with two attached hydrogens (primary N) is 1. The normalized spacial score (nSPS) is 54.3. The Morgan fingerprint density at radius 2 is 2.09 bits per heavy atom. The standard InChI is InChI=1S/C9H16N2/c10-5-11-8-2-6-1-7(4-8)9(11)3-6/h6-9H,1-5,10H2. The third kappa shape index (κ3) is 0.695. The minimum Gasteiger partial charge on any atom is -0.318 e. The molecule has 0 aromatic carbocycles. The molecule has 2 aliphatic carbocycles. The highest BCUT2D eigenvalue weighted by atomic mass is 15.3. The quantitative estimate of drug-likeness (QED) is 0.601. The van der Waals surface area contributed by atoms with Gasteiger partial charge in [0, 0.05) is 18.8 Å². The van der Waals surface area contributed by atoms with Crippen molar-refractivity contribution in [1.82, 2.24) is 4.90 Å². The average Bonchev–Trinajstić information content (AvgIpc) is 2.40. The summed E-state index contributed by atoms with van der Waals surface area (Å²) in [5.74, 6) is 2.11. The van der Waals surface area contributed by atoms with Gasteiger partial charge in [-0.05, 0) is 37.5 Å². The highest BCUT2D eigenvalue weighted by Gasteiger charge is 2.51. The number of rotatable bonds is 1. The fraction of sp³-hybridized carbons (Fsp3) is 1.00. The van der Waals surface area contributed by atoms with E-state index in [-0.39, 0.29) is 0 Å². The van der Waals surface area contributed by atoms with E-state index in [9.17, 15) is 0 Å². The summed E-state index contributed by atoms with van der Waals surface area (Å²) < 4.78 is 0. The molecule has 4 aliphatic rings. The van der Waals surface area contributed by atoms with Gasteiger partial charge in [-0.15, -0.1) is 0 Å². The maximum Gasteiger partial charge on any atom is 0.0460 e. The predicted octanol–water partition coefficient (Wildman–Crippen LogP) is 0.775. The maximum atomic E-state index is 5.73. The SMILES string of the molecule is NCN1C2CC3CC(C2)C1C3. The van der Waals surface area contributed by atoms with Crippen LogP contribution in [-0.2, 0) is 0 Å². The smallest absolute Gasteiger partial charge is 0.0460 e. The fourth-order valence-electron chi connectivity index (χ4n) is 3.72. The molecule has 0 amide bonds. The zero-order valence-electron chi connectivity index (χ0n) is 6.87. The monoisotopic (exact) mass is 152 g/mol. The molecule has 2 heterocycles. The van der Waals surface area contributed by atoms with Gasteiger partial charge in [-0.3, -0.25) is 4.90 Å². The number of piperidine rings is 1. The largest absolute Gasteiger partial charge is 0.318 e. The van der Waals surface area contributed by atoms with Crippen LogP contribution in [-0.4, -0.2) is 23.7 Å². The Labute approximate surface area is 67.7 Å². The van der Waals surface area contributed by atoms with Crippen LogP contribution in [0.1, 0.15) is 25.7 Å². The van der Waals surface area contributed by atoms with Crippen molar-refractivity contribution in [3.63, 3.8) is 0 Å². The molecule has 2 saturated carbocycles. The average molecular weight is 152 g/mol. The van der Waals surface area contributed by atoms with Crippen LogP contribution in [0.4, 0.5) is 0 Å². The van der Waals surface area contributed by atoms with Gasteiger partial charge < -0.3 is 5.73 Å². The number of hydrogen-bond acceptors (Lipinski definition) is 2. The molecule has 4 unspecified atom stereocenters. The van der Waals surface area contributed by atoms with Crippen LogP contribution in [0.15, 0.2) is 0 Å². The minimum atomic E-state index is 0.804. The Morgan fingerprint density at radius 1 is 1.18 bits per heavy atom. The lowest BCUT2D eigenvalue weighted by Gasteiger charge is -2.34. The summed E-state index contributed by atoms with van der Waals surface area (Å²) >= 11 is 0. The maximum absolute atomic E-state index is 5.73. The second-order valence-electron chi connectivity index (χ2n) is 4.49. The molecule has 2 N–H and O–H groups in total. The van der Waals surface area contributed by atoms with Crippen LogP contribution < -0.4 is 5.73 Å². The topological polar surface area (TPSA) is 29.3 Å². The third-order valence-corrected chi connectivity index (χ3v) is 4.04. The zero-order chi connectivity index (χ0) is 7.42. The molecule has 4 fully saturated rings. The van der Waals surface area contributed by atoms with Crippen LogP contribution in [0.25, 0.3) is 0 Å². The van der Waals surface area contributed by atoms with Crippen molar-refractivity contribution in [1.29, 1.82) is 0 Å². The van der Waals surface area contributed by atoms with Crippen LogP contribution in [0.5, 0.6) is 0 Å². The van der Waals surface area contributed by atoms with Gasteiger partial charge in [-0.2, -0.15) is 0 Å². The Kier molecular flexibility index (Phi) is 1.16. The highest BCUT2D eigenvalue weighted by Crippen LogP contribution is 2.52. The third-order valence-electron chi connectivity index (χ3n) is 4.04. The molecule has 4 atom stereocenters. The van der Waals surface area contributed by atoms with Crippen LogP contribution in [0.3, 0.4) is 0 Å². The van der Waals surface area contributed by atoms with Gasteiger partial charge in [-0.1, -0.05) is 0 Å². The van der Waals surface area contributed by atoms with E-state index in [1.807, 2.05) is 0 Å². The van der Waals surface area contributed by atoms with Crippen LogP contribution in [0, 0.1) is 11.8 Å². The van der Waals surface area contributed by atoms with Gasteiger partial charge in [0.1, 0.15) is 0 Å². The van der Waals surface area contributed by atoms with Crippen LogP contribution in [0.2, 0.25) is 0 Å². The Bertz CT molecular complexity index is 176. The molecule has 4 rings (SSSR count). The van der Waals surface area contributed by atoms with Crippen molar-refractivity contribution >= 4 is 0 Å². The summed E-state index contributed by atoms with van der Waals surface area (Å²) in [6.07, 6.45) is 5.87. The van der Waals surface area contributed by atoms with Gasteiger partial charge in [-0.25, -0.2) is 0 Å². The summed E-state index contributed by atoms with van der Waals surface area (Å²) in [5, 5.41) is 0. The molecule has 2 nitrogen and oxygen atoms in total. The molecule has 0 aromatic rings. The van der Waals surface area contributed by atoms with Crippen molar-refractivity contribution in [3.8, 4) is 0 Å².